The number of ether oxygens (including phenoxy) is 3. The first-order valence-corrected chi connectivity index (χ1v) is 7.39. The Labute approximate surface area is 142 Å². The Morgan fingerprint density at radius 3 is 2.28 bits per heavy atom. The first-order chi connectivity index (χ1) is 11.8. The zero-order chi connectivity index (χ0) is 18.6. The number of hydrogen-bond donors (Lipinski definition) is 1. The molecule has 8 heteroatoms. The number of methoxy groups -OCH3 is 3. The van der Waals surface area contributed by atoms with Crippen molar-refractivity contribution < 1.29 is 28.9 Å². The molecule has 1 aliphatic rings. The lowest BCUT2D eigenvalue weighted by molar-refractivity contribution is -0.289. The van der Waals surface area contributed by atoms with E-state index in [9.17, 15) is 19.5 Å². The number of carbonyl (C=O) groups is 2. The van der Waals surface area contributed by atoms with Crippen molar-refractivity contribution in [2.45, 2.75) is 11.4 Å². The largest absolute Gasteiger partial charge is 0.466 e. The van der Waals surface area contributed by atoms with Crippen LogP contribution in [0.2, 0.25) is 0 Å². The molecule has 1 N–H and O–H groups in total. The Balaban J connectivity index is 2.56. The Morgan fingerprint density at radius 1 is 1.12 bits per heavy atom. The highest BCUT2D eigenvalue weighted by molar-refractivity contribution is 6.20. The molecule has 3 rings (SSSR count). The van der Waals surface area contributed by atoms with Crippen LogP contribution in [0.1, 0.15) is 16.1 Å². The number of nitrogens with zero attached hydrogens (tertiary/aromatic N) is 1. The number of benzene rings is 1. The molecule has 0 saturated carbocycles. The van der Waals surface area contributed by atoms with Gasteiger partial charge in [0.25, 0.3) is 11.4 Å². The maximum absolute atomic E-state index is 12.9. The number of Topliss-reactive ketones (excluding diaryl/α,β-unsaturated/α-hetero) is 1. The van der Waals surface area contributed by atoms with E-state index in [0.717, 1.165) is 7.11 Å². The van der Waals surface area contributed by atoms with Crippen LogP contribution in [0.3, 0.4) is 0 Å². The van der Waals surface area contributed by atoms with E-state index in [1.807, 2.05) is 0 Å². The molecular formula is C17H17NO7. The number of aryl methyl sites for hydroxylation is 1. The summed E-state index contributed by atoms with van der Waals surface area (Å²) in [7, 11) is 4.93. The molecule has 2 aromatic rings. The van der Waals surface area contributed by atoms with Crippen molar-refractivity contribution in [2.24, 2.45) is 7.05 Å². The topological polar surface area (TPSA) is 104 Å². The van der Waals surface area contributed by atoms with E-state index in [2.05, 4.69) is 4.74 Å². The van der Waals surface area contributed by atoms with Crippen molar-refractivity contribution in [2.75, 3.05) is 21.3 Å². The number of hydrogen-bond acceptors (Lipinski definition) is 7. The van der Waals surface area contributed by atoms with Crippen LogP contribution in [0.15, 0.2) is 29.1 Å². The standard InChI is InChI=1S/C17H17NO7/c1-18-10-8-6-5-7-9(10)12(19)11-13(18)17(24-3,25-4)16(22,14(11)20)15(21)23-2/h5-8,22H,1-4H3/t16-/m1/s1. The summed E-state index contributed by atoms with van der Waals surface area (Å²) < 4.78 is 16.7. The molecule has 1 heterocycles. The van der Waals surface area contributed by atoms with Crippen LogP contribution in [0, 0.1) is 0 Å². The second kappa shape index (κ2) is 5.48. The smallest absolute Gasteiger partial charge is 0.352 e. The molecule has 25 heavy (non-hydrogen) atoms. The first-order valence-electron chi connectivity index (χ1n) is 7.39. The highest BCUT2D eigenvalue weighted by Gasteiger charge is 2.72. The van der Waals surface area contributed by atoms with Gasteiger partial charge in [0.2, 0.25) is 11.2 Å². The average molecular weight is 347 g/mol. The summed E-state index contributed by atoms with van der Waals surface area (Å²) in [6, 6.07) is 6.61. The molecule has 0 spiro atoms. The zero-order valence-corrected chi connectivity index (χ0v) is 14.2. The molecule has 0 amide bonds. The van der Waals surface area contributed by atoms with E-state index in [1.165, 1.54) is 18.8 Å². The van der Waals surface area contributed by atoms with Gasteiger partial charge in [-0.3, -0.25) is 9.59 Å². The van der Waals surface area contributed by atoms with Gasteiger partial charge >= 0.3 is 5.97 Å². The van der Waals surface area contributed by atoms with Crippen molar-refractivity contribution in [3.05, 3.63) is 45.7 Å². The summed E-state index contributed by atoms with van der Waals surface area (Å²) in [5.41, 5.74) is -3.38. The lowest BCUT2D eigenvalue weighted by atomic mass is 9.93. The Kier molecular flexibility index (Phi) is 3.79. The molecule has 0 fully saturated rings. The van der Waals surface area contributed by atoms with E-state index in [4.69, 9.17) is 9.47 Å². The van der Waals surface area contributed by atoms with Crippen molar-refractivity contribution in [3.8, 4) is 0 Å². The van der Waals surface area contributed by atoms with Crippen LogP contribution < -0.4 is 5.43 Å². The minimum Gasteiger partial charge on any atom is -0.466 e. The SMILES string of the molecule is COC(=O)[C@]1(O)C(=O)c2c(n(C)c3ccccc3c2=O)C1(OC)OC. The fourth-order valence-corrected chi connectivity index (χ4v) is 3.53. The lowest BCUT2D eigenvalue weighted by Crippen LogP contribution is -2.60. The monoisotopic (exact) mass is 347 g/mol. The number of esters is 1. The van der Waals surface area contributed by atoms with E-state index < -0.39 is 28.6 Å². The number of aromatic nitrogens is 1. The number of ketones is 1. The van der Waals surface area contributed by atoms with Crippen LogP contribution >= 0.6 is 0 Å². The van der Waals surface area contributed by atoms with Gasteiger partial charge in [0.05, 0.1) is 23.9 Å². The van der Waals surface area contributed by atoms with E-state index >= 15 is 0 Å². The third-order valence-electron chi connectivity index (χ3n) is 4.71. The molecule has 132 valence electrons. The normalized spacial score (nSPS) is 21.4. The lowest BCUT2D eigenvalue weighted by Gasteiger charge is -2.37. The quantitative estimate of drug-likeness (QED) is 0.476. The van der Waals surface area contributed by atoms with Crippen LogP contribution in [0.5, 0.6) is 0 Å². The van der Waals surface area contributed by atoms with Crippen LogP contribution in [-0.2, 0) is 31.8 Å². The van der Waals surface area contributed by atoms with Crippen LogP contribution in [0.25, 0.3) is 10.9 Å². The molecule has 1 atom stereocenters. The zero-order valence-electron chi connectivity index (χ0n) is 14.2. The van der Waals surface area contributed by atoms with E-state index in [0.29, 0.717) is 5.52 Å². The van der Waals surface area contributed by atoms with Gasteiger partial charge in [0.15, 0.2) is 0 Å². The van der Waals surface area contributed by atoms with Crippen molar-refractivity contribution in [1.29, 1.82) is 0 Å². The van der Waals surface area contributed by atoms with Crippen molar-refractivity contribution in [3.63, 3.8) is 0 Å². The summed E-state index contributed by atoms with van der Waals surface area (Å²) in [4.78, 5) is 38.1. The summed E-state index contributed by atoms with van der Waals surface area (Å²) in [6.07, 6.45) is 0. The Morgan fingerprint density at radius 2 is 1.72 bits per heavy atom. The van der Waals surface area contributed by atoms with Gasteiger partial charge in [-0.15, -0.1) is 0 Å². The molecular weight excluding hydrogens is 330 g/mol. The number of pyridine rings is 1. The second-order valence-corrected chi connectivity index (χ2v) is 5.68. The number of aliphatic hydroxyl groups is 1. The van der Waals surface area contributed by atoms with Crippen molar-refractivity contribution in [1.82, 2.24) is 4.57 Å². The predicted octanol–water partition coefficient (Wildman–Crippen LogP) is 0.0845. The molecule has 8 nitrogen and oxygen atoms in total. The van der Waals surface area contributed by atoms with Gasteiger partial charge < -0.3 is 23.9 Å². The highest BCUT2D eigenvalue weighted by atomic mass is 16.7. The first kappa shape index (κ1) is 17.3. The summed E-state index contributed by atoms with van der Waals surface area (Å²) in [5.74, 6) is -4.62. The summed E-state index contributed by atoms with van der Waals surface area (Å²) in [6.45, 7) is 0. The van der Waals surface area contributed by atoms with Gasteiger partial charge in [0.1, 0.15) is 0 Å². The molecule has 1 aromatic carbocycles. The van der Waals surface area contributed by atoms with Gasteiger partial charge in [-0.05, 0) is 12.1 Å². The van der Waals surface area contributed by atoms with Gasteiger partial charge in [-0.25, -0.2) is 4.79 Å². The highest BCUT2D eigenvalue weighted by Crippen LogP contribution is 2.47. The summed E-state index contributed by atoms with van der Waals surface area (Å²) in [5, 5.41) is 11.3. The number of carbonyl (C=O) groups excluding carboxylic acids is 2. The molecule has 0 unspecified atom stereocenters. The molecule has 0 aliphatic heterocycles. The molecule has 1 aliphatic carbocycles. The maximum Gasteiger partial charge on any atom is 0.352 e. The van der Waals surface area contributed by atoms with Gasteiger partial charge in [-0.2, -0.15) is 0 Å². The Hall–Kier alpha value is -2.55. The number of fused-ring (bicyclic) bond motifs is 2. The third kappa shape index (κ3) is 1.78. The van der Waals surface area contributed by atoms with Gasteiger partial charge in [-0.1, -0.05) is 12.1 Å². The molecule has 0 saturated heterocycles. The van der Waals surface area contributed by atoms with Crippen LogP contribution in [-0.4, -0.2) is 48.4 Å². The van der Waals surface area contributed by atoms with Gasteiger partial charge in [0, 0.05) is 26.7 Å². The fraction of sp³-hybridized carbons (Fsp3) is 0.353. The summed E-state index contributed by atoms with van der Waals surface area (Å²) >= 11 is 0. The average Bonchev–Trinajstić information content (AvgIpc) is 2.85. The molecule has 1 aromatic heterocycles. The van der Waals surface area contributed by atoms with E-state index in [1.54, 1.807) is 31.3 Å². The van der Waals surface area contributed by atoms with E-state index in [-0.39, 0.29) is 16.6 Å². The van der Waals surface area contributed by atoms with Crippen LogP contribution in [0.4, 0.5) is 0 Å². The third-order valence-corrected chi connectivity index (χ3v) is 4.71. The molecule has 0 bridgehead atoms. The molecule has 0 radical (unpaired) electrons. The second-order valence-electron chi connectivity index (χ2n) is 5.68. The number of para-hydroxylation sites is 1. The van der Waals surface area contributed by atoms with Crippen molar-refractivity contribution >= 4 is 22.7 Å². The minimum atomic E-state index is -2.85. The predicted molar refractivity (Wildman–Crippen MR) is 86.2 cm³/mol. The number of rotatable bonds is 3. The fourth-order valence-electron chi connectivity index (χ4n) is 3.53. The maximum atomic E-state index is 12.9. The minimum absolute atomic E-state index is 0.0425. The Bertz CT molecular complexity index is 957.